The van der Waals surface area contributed by atoms with E-state index in [4.69, 9.17) is 5.73 Å². The lowest BCUT2D eigenvalue weighted by molar-refractivity contribution is 0.667. The molecule has 0 saturated heterocycles. The van der Waals surface area contributed by atoms with Crippen molar-refractivity contribution in [3.63, 3.8) is 0 Å². The second-order valence-electron chi connectivity index (χ2n) is 3.15. The molecule has 2 aromatic rings. The summed E-state index contributed by atoms with van der Waals surface area (Å²) in [6, 6.07) is 0. The molecule has 0 aromatic carbocycles. The van der Waals surface area contributed by atoms with E-state index in [0.717, 1.165) is 15.9 Å². The van der Waals surface area contributed by atoms with Crippen LogP contribution in [-0.4, -0.2) is 19.7 Å². The number of nitrogen functional groups attached to an aromatic ring is 1. The van der Waals surface area contributed by atoms with Crippen LogP contribution in [0, 0.1) is 6.92 Å². The van der Waals surface area contributed by atoms with Crippen molar-refractivity contribution in [3.05, 3.63) is 34.5 Å². The predicted molar refractivity (Wildman–Crippen MR) is 60.2 cm³/mol. The molecule has 0 aliphatic heterocycles. The molecule has 0 saturated carbocycles. The first-order chi connectivity index (χ1) is 7.16. The Morgan fingerprint density at radius 3 is 2.73 bits per heavy atom. The molecule has 0 amide bonds. The quantitative estimate of drug-likeness (QED) is 0.893. The Morgan fingerprint density at radius 1 is 1.40 bits per heavy atom. The van der Waals surface area contributed by atoms with Crippen LogP contribution in [-0.2, 0) is 6.54 Å². The van der Waals surface area contributed by atoms with Crippen LogP contribution >= 0.6 is 15.9 Å². The first kappa shape index (κ1) is 10.1. The predicted octanol–water partition coefficient (Wildman–Crippen LogP) is 1.37. The van der Waals surface area contributed by atoms with Crippen LogP contribution < -0.4 is 5.73 Å². The minimum Gasteiger partial charge on any atom is -0.381 e. The van der Waals surface area contributed by atoms with E-state index in [0.29, 0.717) is 12.4 Å². The smallest absolute Gasteiger partial charge is 0.159 e. The molecule has 0 bridgehead atoms. The summed E-state index contributed by atoms with van der Waals surface area (Å²) in [6.07, 6.45) is 5.17. The van der Waals surface area contributed by atoms with Crippen molar-refractivity contribution >= 4 is 21.7 Å². The fraction of sp³-hybridized carbons (Fsp3) is 0.222. The standard InChI is InChI=1S/C9H10BrN5/c1-6-8(13-3-2-12-6)5-15-4-7(10)9(11)14-15/h2-4H,5H2,1H3,(H2,11,14). The zero-order valence-electron chi connectivity index (χ0n) is 8.18. The van der Waals surface area contributed by atoms with E-state index in [-0.39, 0.29) is 0 Å². The number of rotatable bonds is 2. The summed E-state index contributed by atoms with van der Waals surface area (Å²) < 4.78 is 2.53. The molecule has 2 rings (SSSR count). The Kier molecular flexibility index (Phi) is 2.68. The van der Waals surface area contributed by atoms with Crippen molar-refractivity contribution in [2.24, 2.45) is 0 Å². The summed E-state index contributed by atoms with van der Waals surface area (Å²) in [7, 11) is 0. The summed E-state index contributed by atoms with van der Waals surface area (Å²) in [5.41, 5.74) is 7.42. The first-order valence-corrected chi connectivity index (χ1v) is 5.21. The van der Waals surface area contributed by atoms with Gasteiger partial charge in [-0.1, -0.05) is 0 Å². The van der Waals surface area contributed by atoms with Crippen LogP contribution in [0.5, 0.6) is 0 Å². The highest BCUT2D eigenvalue weighted by atomic mass is 79.9. The summed E-state index contributed by atoms with van der Waals surface area (Å²) in [5, 5.41) is 4.13. The molecular formula is C9H10BrN5. The van der Waals surface area contributed by atoms with E-state index < -0.39 is 0 Å². The van der Waals surface area contributed by atoms with Crippen molar-refractivity contribution in [2.45, 2.75) is 13.5 Å². The van der Waals surface area contributed by atoms with Crippen LogP contribution in [0.2, 0.25) is 0 Å². The topological polar surface area (TPSA) is 69.6 Å². The van der Waals surface area contributed by atoms with Crippen molar-refractivity contribution < 1.29 is 0 Å². The van der Waals surface area contributed by atoms with E-state index in [9.17, 15) is 0 Å². The molecule has 2 aromatic heterocycles. The number of halogens is 1. The van der Waals surface area contributed by atoms with Gasteiger partial charge in [0.15, 0.2) is 5.82 Å². The number of nitrogens with zero attached hydrogens (tertiary/aromatic N) is 4. The molecule has 0 aliphatic carbocycles. The number of hydrogen-bond donors (Lipinski definition) is 1. The van der Waals surface area contributed by atoms with E-state index >= 15 is 0 Å². The van der Waals surface area contributed by atoms with Gasteiger partial charge in [-0.15, -0.1) is 0 Å². The lowest BCUT2D eigenvalue weighted by atomic mass is 10.3. The van der Waals surface area contributed by atoms with Gasteiger partial charge in [0.2, 0.25) is 0 Å². The number of nitrogens with two attached hydrogens (primary N) is 1. The lowest BCUT2D eigenvalue weighted by Gasteiger charge is -2.02. The molecule has 6 heteroatoms. The Balaban J connectivity index is 2.26. The molecule has 0 spiro atoms. The Labute approximate surface area is 95.5 Å². The van der Waals surface area contributed by atoms with Gasteiger partial charge in [-0.3, -0.25) is 14.6 Å². The first-order valence-electron chi connectivity index (χ1n) is 4.41. The molecule has 0 unspecified atom stereocenters. The van der Waals surface area contributed by atoms with Crippen LogP contribution in [0.15, 0.2) is 23.1 Å². The number of anilines is 1. The minimum atomic E-state index is 0.483. The monoisotopic (exact) mass is 267 g/mol. The SMILES string of the molecule is Cc1nccnc1Cn1cc(Br)c(N)n1. The van der Waals surface area contributed by atoms with Crippen LogP contribution in [0.25, 0.3) is 0 Å². The van der Waals surface area contributed by atoms with Crippen LogP contribution in [0.1, 0.15) is 11.4 Å². The summed E-state index contributed by atoms with van der Waals surface area (Å²) >= 11 is 3.30. The average molecular weight is 268 g/mol. The summed E-state index contributed by atoms with van der Waals surface area (Å²) in [4.78, 5) is 8.39. The minimum absolute atomic E-state index is 0.483. The van der Waals surface area contributed by atoms with Gasteiger partial charge in [0.1, 0.15) is 0 Å². The second kappa shape index (κ2) is 3.98. The van der Waals surface area contributed by atoms with Gasteiger partial charge in [0, 0.05) is 18.6 Å². The van der Waals surface area contributed by atoms with Gasteiger partial charge in [-0.25, -0.2) is 0 Å². The molecule has 78 valence electrons. The third-order valence-electron chi connectivity index (χ3n) is 2.04. The van der Waals surface area contributed by atoms with Gasteiger partial charge in [0.05, 0.1) is 22.4 Å². The number of hydrogen-bond acceptors (Lipinski definition) is 4. The highest BCUT2D eigenvalue weighted by Crippen LogP contribution is 2.16. The van der Waals surface area contributed by atoms with E-state index in [2.05, 4.69) is 31.0 Å². The zero-order chi connectivity index (χ0) is 10.8. The molecule has 2 N–H and O–H groups in total. The normalized spacial score (nSPS) is 10.5. The summed E-state index contributed by atoms with van der Waals surface area (Å²) in [6.45, 7) is 2.50. The fourth-order valence-electron chi connectivity index (χ4n) is 1.24. The highest BCUT2D eigenvalue weighted by Gasteiger charge is 2.05. The zero-order valence-corrected chi connectivity index (χ0v) is 9.77. The fourth-order valence-corrected chi connectivity index (χ4v) is 1.55. The van der Waals surface area contributed by atoms with Crippen LogP contribution in [0.4, 0.5) is 5.82 Å². The maximum Gasteiger partial charge on any atom is 0.159 e. The molecule has 0 fully saturated rings. The van der Waals surface area contributed by atoms with Gasteiger partial charge in [-0.2, -0.15) is 5.10 Å². The molecule has 2 heterocycles. The molecule has 0 aliphatic rings. The van der Waals surface area contributed by atoms with Crippen molar-refractivity contribution in [1.82, 2.24) is 19.7 Å². The largest absolute Gasteiger partial charge is 0.381 e. The number of aryl methyl sites for hydroxylation is 1. The second-order valence-corrected chi connectivity index (χ2v) is 4.00. The molecule has 0 radical (unpaired) electrons. The van der Waals surface area contributed by atoms with E-state index in [1.165, 1.54) is 0 Å². The van der Waals surface area contributed by atoms with Gasteiger partial charge >= 0.3 is 0 Å². The molecule has 15 heavy (non-hydrogen) atoms. The van der Waals surface area contributed by atoms with Crippen molar-refractivity contribution in [1.29, 1.82) is 0 Å². The Hall–Kier alpha value is -1.43. The van der Waals surface area contributed by atoms with Crippen molar-refractivity contribution in [3.8, 4) is 0 Å². The Morgan fingerprint density at radius 2 is 2.13 bits per heavy atom. The highest BCUT2D eigenvalue weighted by molar-refractivity contribution is 9.10. The van der Waals surface area contributed by atoms with Gasteiger partial charge in [-0.05, 0) is 22.9 Å². The maximum atomic E-state index is 5.62. The third kappa shape index (κ3) is 2.15. The molecule has 5 nitrogen and oxygen atoms in total. The van der Waals surface area contributed by atoms with Gasteiger partial charge < -0.3 is 5.73 Å². The number of aromatic nitrogens is 4. The van der Waals surface area contributed by atoms with Crippen LogP contribution in [0.3, 0.4) is 0 Å². The average Bonchev–Trinajstić information content (AvgIpc) is 2.50. The van der Waals surface area contributed by atoms with E-state index in [1.54, 1.807) is 17.1 Å². The maximum absolute atomic E-state index is 5.62. The van der Waals surface area contributed by atoms with Gasteiger partial charge in [0.25, 0.3) is 0 Å². The molecule has 0 atom stereocenters. The van der Waals surface area contributed by atoms with E-state index in [1.807, 2.05) is 13.1 Å². The summed E-state index contributed by atoms with van der Waals surface area (Å²) in [5.74, 6) is 0.483. The third-order valence-corrected chi connectivity index (χ3v) is 2.65. The molecular weight excluding hydrogens is 258 g/mol. The van der Waals surface area contributed by atoms with Crippen molar-refractivity contribution in [2.75, 3.05) is 5.73 Å². The lowest BCUT2D eigenvalue weighted by Crippen LogP contribution is -2.05. The Bertz CT molecular complexity index is 460.